The molecule has 0 aromatic heterocycles. The van der Waals surface area contributed by atoms with E-state index >= 15 is 0 Å². The van der Waals surface area contributed by atoms with Gasteiger partial charge in [-0.3, -0.25) is 14.5 Å². The van der Waals surface area contributed by atoms with Crippen molar-refractivity contribution >= 4 is 28.9 Å². The number of nitrogens with one attached hydrogen (secondary N) is 2. The molecule has 7 nitrogen and oxygen atoms in total. The smallest absolute Gasteiger partial charge is 0.276 e. The molecule has 7 heteroatoms. The molecule has 2 amide bonds. The summed E-state index contributed by atoms with van der Waals surface area (Å²) < 4.78 is 11.0. The molecule has 6 rings (SSSR count). The van der Waals surface area contributed by atoms with E-state index in [1.807, 2.05) is 44.2 Å². The Kier molecular flexibility index (Phi) is 3.46. The second-order valence-electron chi connectivity index (χ2n) is 8.02. The van der Waals surface area contributed by atoms with Crippen molar-refractivity contribution in [2.24, 2.45) is 0 Å². The predicted octanol–water partition coefficient (Wildman–Crippen LogP) is 3.91. The topological polar surface area (TPSA) is 79.9 Å². The Labute approximate surface area is 178 Å². The maximum atomic E-state index is 13.8. The van der Waals surface area contributed by atoms with Gasteiger partial charge in [0, 0.05) is 17.3 Å². The van der Waals surface area contributed by atoms with Crippen molar-refractivity contribution in [2.45, 2.75) is 19.5 Å². The average Bonchev–Trinajstić information content (AvgIpc) is 3.32. The van der Waals surface area contributed by atoms with Gasteiger partial charge in [0.2, 0.25) is 12.5 Å². The van der Waals surface area contributed by atoms with Crippen LogP contribution in [0.2, 0.25) is 0 Å². The lowest BCUT2D eigenvalue weighted by Gasteiger charge is -2.44. The fourth-order valence-electron chi connectivity index (χ4n) is 4.73. The van der Waals surface area contributed by atoms with Crippen LogP contribution in [0.5, 0.6) is 11.5 Å². The van der Waals surface area contributed by atoms with Crippen molar-refractivity contribution in [3.63, 3.8) is 0 Å². The maximum absolute atomic E-state index is 13.8. The normalized spacial score (nSPS) is 20.4. The first kappa shape index (κ1) is 17.8. The van der Waals surface area contributed by atoms with Gasteiger partial charge < -0.3 is 20.1 Å². The molecular weight excluding hydrogens is 394 g/mol. The first-order valence-corrected chi connectivity index (χ1v) is 10.0. The molecule has 0 fully saturated rings. The molecule has 3 aliphatic rings. The largest absolute Gasteiger partial charge is 0.454 e. The maximum Gasteiger partial charge on any atom is 0.276 e. The minimum Gasteiger partial charge on any atom is -0.454 e. The van der Waals surface area contributed by atoms with E-state index in [0.29, 0.717) is 28.4 Å². The summed E-state index contributed by atoms with van der Waals surface area (Å²) in [5, 5.41) is 6.41. The molecule has 1 spiro atoms. The highest BCUT2D eigenvalue weighted by molar-refractivity contribution is 6.22. The lowest BCUT2D eigenvalue weighted by atomic mass is 9.90. The highest BCUT2D eigenvalue weighted by Crippen LogP contribution is 2.49. The standard InChI is InChI=1S/C24H19N3O4/c1-13-9-14(2)21-17(10-13)24(23(29)25-21)26-18-6-4-3-5-16(18)22(28)27(24)15-7-8-19-20(11-15)31-12-30-19/h3-11,26H,12H2,1-2H3,(H,25,29)/t24-/m1/s1. The number of anilines is 3. The van der Waals surface area contributed by atoms with E-state index in [2.05, 4.69) is 10.6 Å². The molecule has 1 atom stereocenters. The van der Waals surface area contributed by atoms with E-state index in [-0.39, 0.29) is 18.6 Å². The van der Waals surface area contributed by atoms with Crippen molar-refractivity contribution in [3.8, 4) is 11.5 Å². The third-order valence-corrected chi connectivity index (χ3v) is 6.06. The molecular formula is C24H19N3O4. The average molecular weight is 413 g/mol. The van der Waals surface area contributed by atoms with Crippen molar-refractivity contribution < 1.29 is 19.1 Å². The van der Waals surface area contributed by atoms with Gasteiger partial charge in [0.1, 0.15) is 0 Å². The Hall–Kier alpha value is -4.00. The van der Waals surface area contributed by atoms with Gasteiger partial charge in [-0.05, 0) is 49.7 Å². The highest BCUT2D eigenvalue weighted by Gasteiger charge is 2.57. The minimum atomic E-state index is -1.43. The Morgan fingerprint density at radius 2 is 1.77 bits per heavy atom. The van der Waals surface area contributed by atoms with Crippen LogP contribution in [0.3, 0.4) is 0 Å². The second-order valence-corrected chi connectivity index (χ2v) is 8.02. The van der Waals surface area contributed by atoms with Crippen LogP contribution in [-0.2, 0) is 10.5 Å². The highest BCUT2D eigenvalue weighted by atomic mass is 16.7. The van der Waals surface area contributed by atoms with Gasteiger partial charge in [-0.1, -0.05) is 23.8 Å². The fourth-order valence-corrected chi connectivity index (χ4v) is 4.73. The Morgan fingerprint density at radius 1 is 0.968 bits per heavy atom. The molecule has 0 radical (unpaired) electrons. The van der Waals surface area contributed by atoms with E-state index in [9.17, 15) is 9.59 Å². The van der Waals surface area contributed by atoms with Crippen LogP contribution < -0.4 is 25.0 Å². The third-order valence-electron chi connectivity index (χ3n) is 6.06. The van der Waals surface area contributed by atoms with Crippen molar-refractivity contribution in [1.29, 1.82) is 0 Å². The Morgan fingerprint density at radius 3 is 2.65 bits per heavy atom. The zero-order valence-electron chi connectivity index (χ0n) is 17.0. The molecule has 3 aromatic rings. The lowest BCUT2D eigenvalue weighted by molar-refractivity contribution is -0.119. The SMILES string of the molecule is Cc1cc(C)c2c(c1)[C@]1(Nc3ccccc3C(=O)N1c1ccc3c(c1)OCO3)C(=O)N2. The van der Waals surface area contributed by atoms with Crippen LogP contribution in [0, 0.1) is 13.8 Å². The predicted molar refractivity (Wildman–Crippen MR) is 116 cm³/mol. The number of amides is 2. The number of hydrogen-bond acceptors (Lipinski definition) is 5. The van der Waals surface area contributed by atoms with Crippen molar-refractivity contribution in [1.82, 2.24) is 0 Å². The molecule has 3 heterocycles. The first-order valence-electron chi connectivity index (χ1n) is 10.0. The van der Waals surface area contributed by atoms with E-state index in [0.717, 1.165) is 22.4 Å². The molecule has 0 unspecified atom stereocenters. The quantitative estimate of drug-likeness (QED) is 0.632. The summed E-state index contributed by atoms with van der Waals surface area (Å²) in [5.41, 5.74) is 3.62. The van der Waals surface area contributed by atoms with Gasteiger partial charge in [0.15, 0.2) is 11.5 Å². The number of aryl methyl sites for hydroxylation is 2. The number of ether oxygens (including phenoxy) is 2. The zero-order valence-corrected chi connectivity index (χ0v) is 17.0. The van der Waals surface area contributed by atoms with Crippen LogP contribution >= 0.6 is 0 Å². The summed E-state index contributed by atoms with van der Waals surface area (Å²) in [5.74, 6) is 0.573. The van der Waals surface area contributed by atoms with Gasteiger partial charge in [-0.15, -0.1) is 0 Å². The zero-order chi connectivity index (χ0) is 21.3. The molecule has 0 aliphatic carbocycles. The molecule has 31 heavy (non-hydrogen) atoms. The Bertz CT molecular complexity index is 1300. The Balaban J connectivity index is 1.65. The first-order chi connectivity index (χ1) is 15.0. The number of hydrogen-bond donors (Lipinski definition) is 2. The molecule has 2 N–H and O–H groups in total. The van der Waals surface area contributed by atoms with Crippen LogP contribution in [0.25, 0.3) is 0 Å². The number of nitrogens with zero attached hydrogens (tertiary/aromatic N) is 1. The summed E-state index contributed by atoms with van der Waals surface area (Å²) in [7, 11) is 0. The molecule has 3 aliphatic heterocycles. The monoisotopic (exact) mass is 413 g/mol. The van der Waals surface area contributed by atoms with E-state index < -0.39 is 5.66 Å². The third kappa shape index (κ3) is 2.28. The fraction of sp³-hybridized carbons (Fsp3) is 0.167. The number of para-hydroxylation sites is 1. The van der Waals surface area contributed by atoms with E-state index in [4.69, 9.17) is 9.47 Å². The van der Waals surface area contributed by atoms with Crippen molar-refractivity contribution in [2.75, 3.05) is 22.3 Å². The van der Waals surface area contributed by atoms with Gasteiger partial charge in [-0.25, -0.2) is 0 Å². The van der Waals surface area contributed by atoms with Crippen LogP contribution in [-0.4, -0.2) is 18.6 Å². The van der Waals surface area contributed by atoms with Crippen LogP contribution in [0.1, 0.15) is 27.0 Å². The number of carbonyl (C=O) groups is 2. The van der Waals surface area contributed by atoms with Crippen LogP contribution in [0.4, 0.5) is 17.1 Å². The van der Waals surface area contributed by atoms with Gasteiger partial charge >= 0.3 is 0 Å². The summed E-state index contributed by atoms with van der Waals surface area (Å²) >= 11 is 0. The second kappa shape index (κ2) is 6.01. The number of benzene rings is 3. The lowest BCUT2D eigenvalue weighted by Crippen LogP contribution is -2.61. The summed E-state index contributed by atoms with van der Waals surface area (Å²) in [4.78, 5) is 29.0. The molecule has 3 aromatic carbocycles. The van der Waals surface area contributed by atoms with Crippen LogP contribution in [0.15, 0.2) is 54.6 Å². The summed E-state index contributed by atoms with van der Waals surface area (Å²) in [6.07, 6.45) is 0. The molecule has 154 valence electrons. The summed E-state index contributed by atoms with van der Waals surface area (Å²) in [6.45, 7) is 4.06. The van der Waals surface area contributed by atoms with Gasteiger partial charge in [0.05, 0.1) is 16.9 Å². The van der Waals surface area contributed by atoms with E-state index in [1.165, 1.54) is 4.90 Å². The number of rotatable bonds is 1. The number of carbonyl (C=O) groups excluding carboxylic acids is 2. The molecule has 0 bridgehead atoms. The molecule has 0 saturated carbocycles. The van der Waals surface area contributed by atoms with Gasteiger partial charge in [-0.2, -0.15) is 0 Å². The molecule has 0 saturated heterocycles. The van der Waals surface area contributed by atoms with E-state index in [1.54, 1.807) is 24.3 Å². The van der Waals surface area contributed by atoms with Gasteiger partial charge in [0.25, 0.3) is 11.8 Å². The summed E-state index contributed by atoms with van der Waals surface area (Å²) in [6, 6.07) is 16.5. The number of fused-ring (bicyclic) bond motifs is 4. The van der Waals surface area contributed by atoms with Crippen molar-refractivity contribution in [3.05, 3.63) is 76.9 Å². The minimum absolute atomic E-state index is 0.126.